The highest BCUT2D eigenvalue weighted by atomic mass is 35.5. The lowest BCUT2D eigenvalue weighted by atomic mass is 10.1. The second kappa shape index (κ2) is 6.62. The molecule has 17 heavy (non-hydrogen) atoms. The molecule has 0 bridgehead atoms. The van der Waals surface area contributed by atoms with Gasteiger partial charge in [-0.3, -0.25) is 4.79 Å². The Morgan fingerprint density at radius 1 is 1.47 bits per heavy atom. The fourth-order valence-electron chi connectivity index (χ4n) is 1.76. The van der Waals surface area contributed by atoms with E-state index in [1.165, 1.54) is 0 Å². The van der Waals surface area contributed by atoms with Gasteiger partial charge < -0.3 is 10.0 Å². The summed E-state index contributed by atoms with van der Waals surface area (Å²) in [6, 6.07) is 5.47. The molecule has 0 saturated carbocycles. The lowest BCUT2D eigenvalue weighted by molar-refractivity contribution is 0.112. The van der Waals surface area contributed by atoms with Crippen molar-refractivity contribution >= 4 is 23.6 Å². The van der Waals surface area contributed by atoms with Crippen LogP contribution in [0.4, 0.5) is 5.69 Å². The zero-order valence-electron chi connectivity index (χ0n) is 10.2. The van der Waals surface area contributed by atoms with Gasteiger partial charge in [0.1, 0.15) is 0 Å². The smallest absolute Gasteiger partial charge is 0.152 e. The van der Waals surface area contributed by atoms with Crippen molar-refractivity contribution in [3.63, 3.8) is 0 Å². The molecule has 3 nitrogen and oxygen atoms in total. The van der Waals surface area contributed by atoms with Gasteiger partial charge in [0.05, 0.1) is 0 Å². The summed E-state index contributed by atoms with van der Waals surface area (Å²) in [5.74, 6) is 0. The fraction of sp³-hybridized carbons (Fsp3) is 0.462. The first kappa shape index (κ1) is 14.0. The van der Waals surface area contributed by atoms with Gasteiger partial charge in [-0.15, -0.1) is 0 Å². The molecule has 0 radical (unpaired) electrons. The van der Waals surface area contributed by atoms with Crippen molar-refractivity contribution in [2.75, 3.05) is 18.1 Å². The standard InChI is InChI=1S/C13H18ClNO2/c1-10(2)15(6-3-7-16)13-8-12(14)5-4-11(13)9-17/h4-5,8-10,16H,3,6-7H2,1-2H3. The largest absolute Gasteiger partial charge is 0.396 e. The minimum absolute atomic E-state index is 0.139. The first-order valence-electron chi connectivity index (χ1n) is 5.72. The predicted octanol–water partition coefficient (Wildman–Crippen LogP) is 2.75. The molecule has 0 fully saturated rings. The molecule has 0 saturated heterocycles. The van der Waals surface area contributed by atoms with E-state index in [4.69, 9.17) is 16.7 Å². The zero-order valence-corrected chi connectivity index (χ0v) is 10.9. The maximum absolute atomic E-state index is 11.0. The second-order valence-electron chi connectivity index (χ2n) is 4.19. The minimum Gasteiger partial charge on any atom is -0.396 e. The Kier molecular flexibility index (Phi) is 5.45. The first-order valence-corrected chi connectivity index (χ1v) is 6.10. The van der Waals surface area contributed by atoms with Crippen molar-refractivity contribution in [3.8, 4) is 0 Å². The van der Waals surface area contributed by atoms with Crippen LogP contribution < -0.4 is 4.90 Å². The van der Waals surface area contributed by atoms with Gasteiger partial charge in [0.25, 0.3) is 0 Å². The maximum Gasteiger partial charge on any atom is 0.152 e. The van der Waals surface area contributed by atoms with Crippen LogP contribution in [0.25, 0.3) is 0 Å². The number of aliphatic hydroxyl groups excluding tert-OH is 1. The van der Waals surface area contributed by atoms with E-state index in [1.807, 2.05) is 13.8 Å². The third kappa shape index (κ3) is 3.72. The topological polar surface area (TPSA) is 40.5 Å². The zero-order chi connectivity index (χ0) is 12.8. The third-order valence-corrected chi connectivity index (χ3v) is 2.84. The predicted molar refractivity (Wildman–Crippen MR) is 71.0 cm³/mol. The number of rotatable bonds is 6. The van der Waals surface area contributed by atoms with Gasteiger partial charge in [-0.25, -0.2) is 0 Å². The molecule has 0 atom stereocenters. The number of benzene rings is 1. The summed E-state index contributed by atoms with van der Waals surface area (Å²) in [5.41, 5.74) is 1.46. The molecule has 94 valence electrons. The molecule has 0 aliphatic carbocycles. The van der Waals surface area contributed by atoms with Gasteiger partial charge in [-0.1, -0.05) is 11.6 Å². The molecule has 1 aromatic rings. The van der Waals surface area contributed by atoms with Gasteiger partial charge in [0.2, 0.25) is 0 Å². The number of hydrogen-bond acceptors (Lipinski definition) is 3. The van der Waals surface area contributed by atoms with Crippen molar-refractivity contribution in [2.45, 2.75) is 26.3 Å². The average molecular weight is 256 g/mol. The lowest BCUT2D eigenvalue weighted by Crippen LogP contribution is -2.33. The quantitative estimate of drug-likeness (QED) is 0.795. The van der Waals surface area contributed by atoms with E-state index in [2.05, 4.69) is 4.90 Å². The molecule has 0 aliphatic rings. The summed E-state index contributed by atoms with van der Waals surface area (Å²) in [7, 11) is 0. The van der Waals surface area contributed by atoms with Crippen LogP contribution in [0.5, 0.6) is 0 Å². The molecule has 0 heterocycles. The van der Waals surface area contributed by atoms with E-state index in [9.17, 15) is 4.79 Å². The highest BCUT2D eigenvalue weighted by Crippen LogP contribution is 2.25. The maximum atomic E-state index is 11.0. The SMILES string of the molecule is CC(C)N(CCCO)c1cc(Cl)ccc1C=O. The van der Waals surface area contributed by atoms with Crippen LogP contribution in [-0.2, 0) is 0 Å². The molecule has 1 aromatic carbocycles. The number of carbonyl (C=O) groups excluding carboxylic acids is 1. The lowest BCUT2D eigenvalue weighted by Gasteiger charge is -2.30. The second-order valence-corrected chi connectivity index (χ2v) is 4.62. The van der Waals surface area contributed by atoms with Crippen molar-refractivity contribution in [3.05, 3.63) is 28.8 Å². The van der Waals surface area contributed by atoms with Crippen LogP contribution >= 0.6 is 11.6 Å². The Hall–Kier alpha value is -1.06. The van der Waals surface area contributed by atoms with Crippen LogP contribution in [0.1, 0.15) is 30.6 Å². The van der Waals surface area contributed by atoms with Crippen molar-refractivity contribution in [1.82, 2.24) is 0 Å². The first-order chi connectivity index (χ1) is 8.10. The van der Waals surface area contributed by atoms with E-state index in [0.29, 0.717) is 23.6 Å². The normalized spacial score (nSPS) is 10.6. The molecular weight excluding hydrogens is 238 g/mol. The van der Waals surface area contributed by atoms with Gasteiger partial charge in [0, 0.05) is 35.5 Å². The van der Waals surface area contributed by atoms with E-state index < -0.39 is 0 Å². The van der Waals surface area contributed by atoms with E-state index in [0.717, 1.165) is 12.0 Å². The number of halogens is 1. The fourth-order valence-corrected chi connectivity index (χ4v) is 1.93. The third-order valence-electron chi connectivity index (χ3n) is 2.61. The molecule has 1 N–H and O–H groups in total. The number of aliphatic hydroxyl groups is 1. The van der Waals surface area contributed by atoms with E-state index >= 15 is 0 Å². The Morgan fingerprint density at radius 3 is 2.71 bits per heavy atom. The Bertz CT molecular complexity index is 380. The summed E-state index contributed by atoms with van der Waals surface area (Å²) >= 11 is 5.96. The average Bonchev–Trinajstić information content (AvgIpc) is 2.29. The van der Waals surface area contributed by atoms with Gasteiger partial charge in [-0.05, 0) is 38.5 Å². The summed E-state index contributed by atoms with van der Waals surface area (Å²) in [6.07, 6.45) is 1.50. The van der Waals surface area contributed by atoms with Gasteiger partial charge in [0.15, 0.2) is 6.29 Å². The summed E-state index contributed by atoms with van der Waals surface area (Å²) in [5, 5.41) is 9.51. The molecule has 0 aliphatic heterocycles. The summed E-state index contributed by atoms with van der Waals surface area (Å²) < 4.78 is 0. The van der Waals surface area contributed by atoms with Crippen LogP contribution in [0.3, 0.4) is 0 Å². The summed E-state index contributed by atoms with van der Waals surface area (Å²) in [6.45, 7) is 4.94. The van der Waals surface area contributed by atoms with Crippen LogP contribution in [-0.4, -0.2) is 30.6 Å². The number of aldehydes is 1. The Labute approximate surface area is 107 Å². The van der Waals surface area contributed by atoms with Gasteiger partial charge in [-0.2, -0.15) is 0 Å². The molecular formula is C13H18ClNO2. The van der Waals surface area contributed by atoms with Crippen LogP contribution in [0.15, 0.2) is 18.2 Å². The molecule has 0 spiro atoms. The highest BCUT2D eigenvalue weighted by molar-refractivity contribution is 6.31. The van der Waals surface area contributed by atoms with Crippen LogP contribution in [0, 0.1) is 0 Å². The van der Waals surface area contributed by atoms with Crippen molar-refractivity contribution < 1.29 is 9.90 Å². The van der Waals surface area contributed by atoms with Crippen LogP contribution in [0.2, 0.25) is 5.02 Å². The van der Waals surface area contributed by atoms with Gasteiger partial charge >= 0.3 is 0 Å². The number of nitrogens with zero attached hydrogens (tertiary/aromatic N) is 1. The molecule has 0 amide bonds. The molecule has 0 aromatic heterocycles. The number of carbonyl (C=O) groups is 1. The number of hydrogen-bond donors (Lipinski definition) is 1. The monoisotopic (exact) mass is 255 g/mol. The van der Waals surface area contributed by atoms with Crippen molar-refractivity contribution in [2.24, 2.45) is 0 Å². The Morgan fingerprint density at radius 2 is 2.18 bits per heavy atom. The molecule has 0 unspecified atom stereocenters. The highest BCUT2D eigenvalue weighted by Gasteiger charge is 2.14. The minimum atomic E-state index is 0.139. The van der Waals surface area contributed by atoms with E-state index in [-0.39, 0.29) is 12.6 Å². The molecule has 4 heteroatoms. The molecule has 1 rings (SSSR count). The van der Waals surface area contributed by atoms with Crippen molar-refractivity contribution in [1.29, 1.82) is 0 Å². The summed E-state index contributed by atoms with van der Waals surface area (Å²) in [4.78, 5) is 13.1. The Balaban J connectivity index is 3.07. The van der Waals surface area contributed by atoms with E-state index in [1.54, 1.807) is 18.2 Å². The number of anilines is 1.